The molecule has 1 amide bonds. The maximum atomic E-state index is 12.1. The highest BCUT2D eigenvalue weighted by Crippen LogP contribution is 2.31. The summed E-state index contributed by atoms with van der Waals surface area (Å²) in [5, 5.41) is 12.5. The van der Waals surface area contributed by atoms with E-state index in [0.29, 0.717) is 24.6 Å². The Hall–Kier alpha value is -1.34. The minimum Gasteiger partial charge on any atom is -0.396 e. The van der Waals surface area contributed by atoms with Crippen molar-refractivity contribution in [2.24, 2.45) is 0 Å². The number of anilines is 2. The van der Waals surface area contributed by atoms with Crippen molar-refractivity contribution in [1.29, 1.82) is 0 Å². The number of rotatable bonds is 6. The Bertz CT molecular complexity index is 431. The number of carbonyl (C=O) groups is 1. The Balaban J connectivity index is 2.11. The summed E-state index contributed by atoms with van der Waals surface area (Å²) in [6.45, 7) is 0.796. The van der Waals surface area contributed by atoms with E-state index < -0.39 is 0 Å². The van der Waals surface area contributed by atoms with Crippen LogP contribution in [0.1, 0.15) is 29.6 Å². The number of hydrogen-bond acceptors (Lipinski definition) is 6. The molecule has 1 aromatic heterocycles. The van der Waals surface area contributed by atoms with Crippen LogP contribution in [0.3, 0.4) is 0 Å². The van der Waals surface area contributed by atoms with Crippen LogP contribution in [-0.4, -0.2) is 41.6 Å². The minimum atomic E-state index is -0.144. The van der Waals surface area contributed by atoms with E-state index in [9.17, 15) is 4.79 Å². The second-order valence-corrected chi connectivity index (χ2v) is 5.25. The van der Waals surface area contributed by atoms with Crippen LogP contribution in [0.4, 0.5) is 10.8 Å². The van der Waals surface area contributed by atoms with E-state index in [1.54, 1.807) is 0 Å². The van der Waals surface area contributed by atoms with Crippen LogP contribution in [0, 0.1) is 0 Å². The van der Waals surface area contributed by atoms with Crippen molar-refractivity contribution in [3.63, 3.8) is 0 Å². The molecule has 1 aliphatic carbocycles. The number of carbonyl (C=O) groups excluding carboxylic acids is 1. The molecule has 0 spiro atoms. The molecule has 1 aromatic rings. The Morgan fingerprint density at radius 1 is 1.67 bits per heavy atom. The van der Waals surface area contributed by atoms with Crippen molar-refractivity contribution >= 4 is 28.3 Å². The SMILES string of the molecule is CN(CCCO)c1snc(N)c1C(=O)NC1CC1. The summed E-state index contributed by atoms with van der Waals surface area (Å²) in [6.07, 6.45) is 2.73. The predicted octanol–water partition coefficient (Wildman–Crippen LogP) is 0.436. The molecule has 0 bridgehead atoms. The summed E-state index contributed by atoms with van der Waals surface area (Å²) in [4.78, 5) is 14.0. The van der Waals surface area contributed by atoms with Crippen LogP contribution >= 0.6 is 11.5 Å². The standard InChI is InChI=1S/C11H18N4O2S/c1-15(5-2-6-16)11-8(9(12)14-18-11)10(17)13-7-3-4-7/h7,16H,2-6H2,1H3,(H2,12,14)(H,13,17). The molecule has 1 fully saturated rings. The van der Waals surface area contributed by atoms with E-state index in [1.807, 2.05) is 11.9 Å². The van der Waals surface area contributed by atoms with Crippen LogP contribution in [-0.2, 0) is 0 Å². The molecule has 100 valence electrons. The molecule has 1 heterocycles. The molecule has 0 radical (unpaired) electrons. The van der Waals surface area contributed by atoms with Gasteiger partial charge in [-0.1, -0.05) is 0 Å². The van der Waals surface area contributed by atoms with Crippen LogP contribution in [0.2, 0.25) is 0 Å². The summed E-state index contributed by atoms with van der Waals surface area (Å²) < 4.78 is 4.05. The molecule has 1 saturated carbocycles. The zero-order valence-corrected chi connectivity index (χ0v) is 11.2. The number of aliphatic hydroxyl groups is 1. The van der Waals surface area contributed by atoms with Crippen molar-refractivity contribution in [1.82, 2.24) is 9.69 Å². The molecule has 7 heteroatoms. The highest BCUT2D eigenvalue weighted by atomic mass is 32.1. The molecule has 4 N–H and O–H groups in total. The smallest absolute Gasteiger partial charge is 0.258 e. The van der Waals surface area contributed by atoms with E-state index in [1.165, 1.54) is 11.5 Å². The van der Waals surface area contributed by atoms with Crippen molar-refractivity contribution in [3.8, 4) is 0 Å². The maximum absolute atomic E-state index is 12.1. The second-order valence-electron chi connectivity index (χ2n) is 4.49. The topological polar surface area (TPSA) is 91.5 Å². The molecule has 2 rings (SSSR count). The van der Waals surface area contributed by atoms with Crippen LogP contribution in [0.25, 0.3) is 0 Å². The van der Waals surface area contributed by atoms with Crippen LogP contribution < -0.4 is 16.0 Å². The number of nitrogens with one attached hydrogen (secondary N) is 1. The van der Waals surface area contributed by atoms with Gasteiger partial charge in [0.25, 0.3) is 5.91 Å². The maximum Gasteiger partial charge on any atom is 0.258 e. The first-order chi connectivity index (χ1) is 8.63. The van der Waals surface area contributed by atoms with E-state index in [2.05, 4.69) is 9.69 Å². The summed E-state index contributed by atoms with van der Waals surface area (Å²) in [5.74, 6) is 0.138. The third-order valence-electron chi connectivity index (χ3n) is 2.84. The summed E-state index contributed by atoms with van der Waals surface area (Å²) in [5.41, 5.74) is 6.23. The van der Waals surface area contributed by atoms with Gasteiger partial charge in [0.1, 0.15) is 10.6 Å². The Kier molecular flexibility index (Phi) is 4.03. The average Bonchev–Trinajstić information content (AvgIpc) is 3.06. The number of nitrogen functional groups attached to an aromatic ring is 1. The van der Waals surface area contributed by atoms with Crippen molar-refractivity contribution < 1.29 is 9.90 Å². The Labute approximate surface area is 110 Å². The van der Waals surface area contributed by atoms with Gasteiger partial charge < -0.3 is 21.1 Å². The highest BCUT2D eigenvalue weighted by Gasteiger charge is 2.28. The van der Waals surface area contributed by atoms with Gasteiger partial charge in [-0.15, -0.1) is 0 Å². The lowest BCUT2D eigenvalue weighted by Crippen LogP contribution is -2.28. The Morgan fingerprint density at radius 3 is 3.00 bits per heavy atom. The number of amides is 1. The summed E-state index contributed by atoms with van der Waals surface area (Å²) in [7, 11) is 1.87. The first-order valence-corrected chi connectivity index (χ1v) is 6.78. The van der Waals surface area contributed by atoms with Crippen molar-refractivity contribution in [2.75, 3.05) is 30.8 Å². The minimum absolute atomic E-state index is 0.127. The fourth-order valence-electron chi connectivity index (χ4n) is 1.66. The lowest BCUT2D eigenvalue weighted by Gasteiger charge is -2.17. The zero-order valence-electron chi connectivity index (χ0n) is 10.3. The third kappa shape index (κ3) is 2.91. The van der Waals surface area contributed by atoms with Crippen molar-refractivity contribution in [3.05, 3.63) is 5.56 Å². The summed E-state index contributed by atoms with van der Waals surface area (Å²) >= 11 is 1.22. The summed E-state index contributed by atoms with van der Waals surface area (Å²) in [6, 6.07) is 0.299. The highest BCUT2D eigenvalue weighted by molar-refractivity contribution is 7.11. The molecular weight excluding hydrogens is 252 g/mol. The molecule has 0 aliphatic heterocycles. The van der Waals surface area contributed by atoms with E-state index in [0.717, 1.165) is 17.8 Å². The van der Waals surface area contributed by atoms with E-state index in [-0.39, 0.29) is 18.3 Å². The molecule has 18 heavy (non-hydrogen) atoms. The zero-order chi connectivity index (χ0) is 13.1. The number of hydrogen-bond donors (Lipinski definition) is 3. The van der Waals surface area contributed by atoms with Gasteiger partial charge in [0, 0.05) is 26.2 Å². The molecule has 6 nitrogen and oxygen atoms in total. The van der Waals surface area contributed by atoms with Crippen molar-refractivity contribution in [2.45, 2.75) is 25.3 Å². The fourth-order valence-corrected chi connectivity index (χ4v) is 2.46. The van der Waals surface area contributed by atoms with E-state index >= 15 is 0 Å². The average molecular weight is 270 g/mol. The largest absolute Gasteiger partial charge is 0.396 e. The molecule has 0 aromatic carbocycles. The fraction of sp³-hybridized carbons (Fsp3) is 0.636. The van der Waals surface area contributed by atoms with Gasteiger partial charge in [-0.05, 0) is 30.8 Å². The van der Waals surface area contributed by atoms with E-state index in [4.69, 9.17) is 10.8 Å². The number of aliphatic hydroxyl groups excluding tert-OH is 1. The molecule has 0 saturated heterocycles. The van der Waals surface area contributed by atoms with Gasteiger partial charge in [0.2, 0.25) is 0 Å². The van der Waals surface area contributed by atoms with Gasteiger partial charge in [-0.3, -0.25) is 4.79 Å². The third-order valence-corrected chi connectivity index (χ3v) is 3.82. The number of aromatic nitrogens is 1. The first-order valence-electron chi connectivity index (χ1n) is 6.01. The molecule has 0 atom stereocenters. The monoisotopic (exact) mass is 270 g/mol. The molecule has 0 unspecified atom stereocenters. The Morgan fingerprint density at radius 2 is 2.39 bits per heavy atom. The van der Waals surface area contributed by atoms with Gasteiger partial charge in [-0.2, -0.15) is 4.37 Å². The molecular formula is C11H18N4O2S. The van der Waals surface area contributed by atoms with Gasteiger partial charge in [0.05, 0.1) is 0 Å². The first kappa shape index (κ1) is 13.1. The van der Waals surface area contributed by atoms with Gasteiger partial charge in [0.15, 0.2) is 5.82 Å². The quantitative estimate of drug-likeness (QED) is 0.697. The molecule has 1 aliphatic rings. The second kappa shape index (κ2) is 5.53. The number of nitrogens with two attached hydrogens (primary N) is 1. The number of nitrogens with zero attached hydrogens (tertiary/aromatic N) is 2. The lowest BCUT2D eigenvalue weighted by molar-refractivity contribution is 0.0952. The normalized spacial score (nSPS) is 14.6. The van der Waals surface area contributed by atoms with Gasteiger partial charge >= 0.3 is 0 Å². The van der Waals surface area contributed by atoms with Crippen LogP contribution in [0.15, 0.2) is 0 Å². The van der Waals surface area contributed by atoms with Crippen LogP contribution in [0.5, 0.6) is 0 Å². The predicted molar refractivity (Wildman–Crippen MR) is 72.0 cm³/mol. The van der Waals surface area contributed by atoms with Gasteiger partial charge in [-0.25, -0.2) is 0 Å². The lowest BCUT2D eigenvalue weighted by atomic mass is 10.2.